The number of nitrogens with zero attached hydrogens (tertiary/aromatic N) is 1. The van der Waals surface area contributed by atoms with E-state index in [0.717, 1.165) is 4.47 Å². The summed E-state index contributed by atoms with van der Waals surface area (Å²) >= 11 is 3.29. The van der Waals surface area contributed by atoms with Crippen molar-refractivity contribution < 1.29 is 18.3 Å². The van der Waals surface area contributed by atoms with Crippen molar-refractivity contribution in [2.24, 2.45) is 0 Å². The van der Waals surface area contributed by atoms with E-state index >= 15 is 0 Å². The minimum absolute atomic E-state index is 0.148. The van der Waals surface area contributed by atoms with Crippen molar-refractivity contribution >= 4 is 21.8 Å². The first-order valence-electron chi connectivity index (χ1n) is 6.00. The molecule has 0 N–H and O–H groups in total. The molecule has 0 radical (unpaired) electrons. The van der Waals surface area contributed by atoms with Crippen molar-refractivity contribution in [1.82, 2.24) is 4.90 Å². The predicted octanol–water partition coefficient (Wildman–Crippen LogP) is 3.09. The Morgan fingerprint density at radius 3 is 2.68 bits per heavy atom. The lowest BCUT2D eigenvalue weighted by molar-refractivity contribution is -0.143. The van der Waals surface area contributed by atoms with Crippen LogP contribution in [0.1, 0.15) is 12.8 Å². The Bertz CT molecular complexity index is 450. The topological polar surface area (TPSA) is 29.5 Å². The van der Waals surface area contributed by atoms with Crippen LogP contribution in [0.15, 0.2) is 28.7 Å². The zero-order chi connectivity index (χ0) is 13.9. The maximum atomic E-state index is 13.2. The van der Waals surface area contributed by atoms with E-state index < -0.39 is 18.4 Å². The Kier molecular flexibility index (Phi) is 4.39. The molecule has 1 heterocycles. The first kappa shape index (κ1) is 14.2. The monoisotopic (exact) mass is 333 g/mol. The summed E-state index contributed by atoms with van der Waals surface area (Å²) in [7, 11) is 0. The maximum absolute atomic E-state index is 13.2. The number of hydrogen-bond donors (Lipinski definition) is 0. The molecule has 3 nitrogen and oxygen atoms in total. The van der Waals surface area contributed by atoms with Gasteiger partial charge in [-0.05, 0) is 30.7 Å². The van der Waals surface area contributed by atoms with Crippen LogP contribution < -0.4 is 4.74 Å². The van der Waals surface area contributed by atoms with Crippen molar-refractivity contribution in [1.29, 1.82) is 0 Å². The van der Waals surface area contributed by atoms with Crippen molar-refractivity contribution in [2.75, 3.05) is 19.7 Å². The van der Waals surface area contributed by atoms with E-state index in [9.17, 15) is 13.6 Å². The number of piperidine rings is 1. The molecular formula is C13H14BrF2NO2. The highest BCUT2D eigenvalue weighted by Gasteiger charge is 2.36. The predicted molar refractivity (Wildman–Crippen MR) is 70.4 cm³/mol. The molecule has 1 aromatic rings. The molecule has 1 aliphatic heterocycles. The standard InChI is InChI=1S/C13H14BrF2NO2/c14-10-2-4-11(5-3-10)19-8-12(18)17-7-1-6-13(15,16)9-17/h2-5H,1,6-9H2. The second-order valence-corrected chi connectivity index (χ2v) is 5.43. The Labute approximate surface area is 118 Å². The number of ether oxygens (including phenoxy) is 1. The summed E-state index contributed by atoms with van der Waals surface area (Å²) in [5.41, 5.74) is 0. The van der Waals surface area contributed by atoms with Gasteiger partial charge in [-0.2, -0.15) is 0 Å². The Hall–Kier alpha value is -1.17. The number of rotatable bonds is 3. The Morgan fingerprint density at radius 1 is 1.37 bits per heavy atom. The van der Waals surface area contributed by atoms with Gasteiger partial charge in [0.15, 0.2) is 6.61 Å². The van der Waals surface area contributed by atoms with E-state index in [0.29, 0.717) is 18.7 Å². The van der Waals surface area contributed by atoms with Crippen LogP contribution in [0.25, 0.3) is 0 Å². The van der Waals surface area contributed by atoms with Gasteiger partial charge in [-0.15, -0.1) is 0 Å². The van der Waals surface area contributed by atoms with Crippen molar-refractivity contribution in [2.45, 2.75) is 18.8 Å². The molecule has 19 heavy (non-hydrogen) atoms. The fourth-order valence-corrected chi connectivity index (χ4v) is 2.21. The first-order valence-corrected chi connectivity index (χ1v) is 6.79. The summed E-state index contributed by atoms with van der Waals surface area (Å²) in [5, 5.41) is 0. The lowest BCUT2D eigenvalue weighted by Crippen LogP contribution is -2.47. The lowest BCUT2D eigenvalue weighted by atomic mass is 10.1. The van der Waals surface area contributed by atoms with Crippen LogP contribution >= 0.6 is 15.9 Å². The van der Waals surface area contributed by atoms with Gasteiger partial charge in [0.1, 0.15) is 5.75 Å². The van der Waals surface area contributed by atoms with E-state index in [4.69, 9.17) is 4.74 Å². The van der Waals surface area contributed by atoms with Gasteiger partial charge in [-0.3, -0.25) is 4.79 Å². The fraction of sp³-hybridized carbons (Fsp3) is 0.462. The summed E-state index contributed by atoms with van der Waals surface area (Å²) in [6.45, 7) is -0.342. The molecule has 2 rings (SSSR count). The minimum Gasteiger partial charge on any atom is -0.484 e. The van der Waals surface area contributed by atoms with Crippen LogP contribution in [0.5, 0.6) is 5.75 Å². The highest BCUT2D eigenvalue weighted by molar-refractivity contribution is 9.10. The summed E-state index contributed by atoms with van der Waals surface area (Å²) in [5.74, 6) is -2.63. The third-order valence-corrected chi connectivity index (χ3v) is 3.45. The highest BCUT2D eigenvalue weighted by atomic mass is 79.9. The molecule has 0 aromatic heterocycles. The van der Waals surface area contributed by atoms with Gasteiger partial charge in [0.2, 0.25) is 0 Å². The molecule has 0 spiro atoms. The van der Waals surface area contributed by atoms with Gasteiger partial charge >= 0.3 is 0 Å². The number of hydrogen-bond acceptors (Lipinski definition) is 2. The lowest BCUT2D eigenvalue weighted by Gasteiger charge is -2.32. The van der Waals surface area contributed by atoms with Crippen LogP contribution in [0, 0.1) is 0 Å². The first-order chi connectivity index (χ1) is 8.96. The average molecular weight is 334 g/mol. The zero-order valence-electron chi connectivity index (χ0n) is 10.2. The number of benzene rings is 1. The summed E-state index contributed by atoms with van der Waals surface area (Å²) < 4.78 is 32.6. The second-order valence-electron chi connectivity index (χ2n) is 4.52. The highest BCUT2D eigenvalue weighted by Crippen LogP contribution is 2.26. The van der Waals surface area contributed by atoms with Gasteiger partial charge < -0.3 is 9.64 Å². The molecular weight excluding hydrogens is 320 g/mol. The van der Waals surface area contributed by atoms with Gasteiger partial charge in [0, 0.05) is 17.4 Å². The number of carbonyl (C=O) groups excluding carboxylic acids is 1. The van der Waals surface area contributed by atoms with E-state index in [1.165, 1.54) is 4.90 Å². The minimum atomic E-state index is -2.77. The zero-order valence-corrected chi connectivity index (χ0v) is 11.8. The van der Waals surface area contributed by atoms with Crippen molar-refractivity contribution in [3.63, 3.8) is 0 Å². The Morgan fingerprint density at radius 2 is 2.05 bits per heavy atom. The molecule has 1 fully saturated rings. The largest absolute Gasteiger partial charge is 0.484 e. The molecule has 6 heteroatoms. The van der Waals surface area contributed by atoms with Crippen LogP contribution in [-0.2, 0) is 4.79 Å². The van der Waals surface area contributed by atoms with Gasteiger partial charge in [-0.25, -0.2) is 8.78 Å². The summed E-state index contributed by atoms with van der Waals surface area (Å²) in [6, 6.07) is 6.99. The number of alkyl halides is 2. The average Bonchev–Trinajstić information content (AvgIpc) is 2.36. The van der Waals surface area contributed by atoms with Crippen molar-refractivity contribution in [3.05, 3.63) is 28.7 Å². The van der Waals surface area contributed by atoms with Gasteiger partial charge in [-0.1, -0.05) is 15.9 Å². The SMILES string of the molecule is O=C(COc1ccc(Br)cc1)N1CCCC(F)(F)C1. The van der Waals surface area contributed by atoms with Gasteiger partial charge in [0.25, 0.3) is 11.8 Å². The molecule has 1 amide bonds. The number of likely N-dealkylation sites (tertiary alicyclic amines) is 1. The molecule has 1 saturated heterocycles. The number of halogens is 3. The smallest absolute Gasteiger partial charge is 0.265 e. The third kappa shape index (κ3) is 4.16. The second kappa shape index (κ2) is 5.86. The van der Waals surface area contributed by atoms with E-state index in [-0.39, 0.29) is 13.0 Å². The van der Waals surface area contributed by atoms with E-state index in [2.05, 4.69) is 15.9 Å². The number of carbonyl (C=O) groups is 1. The van der Waals surface area contributed by atoms with Crippen LogP contribution in [0.4, 0.5) is 8.78 Å². The van der Waals surface area contributed by atoms with Crippen LogP contribution in [0.3, 0.4) is 0 Å². The van der Waals surface area contributed by atoms with E-state index in [1.807, 2.05) is 0 Å². The molecule has 1 aromatic carbocycles. The molecule has 1 aliphatic rings. The van der Waals surface area contributed by atoms with Crippen LogP contribution in [-0.4, -0.2) is 36.4 Å². The molecule has 0 unspecified atom stereocenters. The van der Waals surface area contributed by atoms with Gasteiger partial charge in [0.05, 0.1) is 6.54 Å². The summed E-state index contributed by atoms with van der Waals surface area (Å²) in [4.78, 5) is 13.0. The maximum Gasteiger partial charge on any atom is 0.265 e. The summed E-state index contributed by atoms with van der Waals surface area (Å²) in [6.07, 6.45) is 0.182. The quantitative estimate of drug-likeness (QED) is 0.850. The molecule has 0 saturated carbocycles. The normalized spacial score (nSPS) is 18.2. The van der Waals surface area contributed by atoms with Crippen LogP contribution in [0.2, 0.25) is 0 Å². The molecule has 104 valence electrons. The number of amides is 1. The molecule has 0 bridgehead atoms. The molecule has 0 aliphatic carbocycles. The Balaban J connectivity index is 1.85. The van der Waals surface area contributed by atoms with Crippen molar-refractivity contribution in [3.8, 4) is 5.75 Å². The third-order valence-electron chi connectivity index (χ3n) is 2.92. The van der Waals surface area contributed by atoms with E-state index in [1.54, 1.807) is 24.3 Å². The fourth-order valence-electron chi connectivity index (χ4n) is 1.95. The molecule has 0 atom stereocenters.